The highest BCUT2D eigenvalue weighted by Gasteiger charge is 2.21. The lowest BCUT2D eigenvalue weighted by Gasteiger charge is -2.27. The smallest absolute Gasteiger partial charge is 0.321 e. The van der Waals surface area contributed by atoms with Crippen molar-refractivity contribution in [2.24, 2.45) is 17.4 Å². The Kier molecular flexibility index (Phi) is 4.47. The van der Waals surface area contributed by atoms with Gasteiger partial charge in [0.2, 0.25) is 5.91 Å². The first-order chi connectivity index (χ1) is 9.86. The van der Waals surface area contributed by atoms with E-state index >= 15 is 0 Å². The fourth-order valence-corrected chi connectivity index (χ4v) is 2.63. The van der Waals surface area contributed by atoms with Crippen LogP contribution in [0.5, 0.6) is 0 Å². The van der Waals surface area contributed by atoms with E-state index in [1.165, 1.54) is 0 Å². The van der Waals surface area contributed by atoms with E-state index in [1.54, 1.807) is 11.9 Å². The molecule has 114 valence electrons. The number of hydrogen-bond donors (Lipinski definition) is 3. The van der Waals surface area contributed by atoms with Crippen molar-refractivity contribution >= 4 is 17.6 Å². The minimum Gasteiger partial charge on any atom is -0.370 e. The number of nitrogens with two attached hydrogens (primary N) is 2. The number of nitrogens with one attached hydrogen (secondary N) is 1. The fraction of sp³-hybridized carbons (Fsp3) is 0.467. The average molecular weight is 290 g/mol. The number of urea groups is 1. The molecule has 2 rings (SSSR count). The van der Waals surface area contributed by atoms with Gasteiger partial charge >= 0.3 is 6.03 Å². The second-order valence-corrected chi connectivity index (χ2v) is 5.82. The highest BCUT2D eigenvalue weighted by Crippen LogP contribution is 2.28. The summed E-state index contributed by atoms with van der Waals surface area (Å²) in [5, 5.41) is 2.83. The molecule has 0 saturated carbocycles. The van der Waals surface area contributed by atoms with Crippen molar-refractivity contribution in [3.05, 3.63) is 29.3 Å². The topological polar surface area (TPSA) is 101 Å². The number of benzene rings is 1. The van der Waals surface area contributed by atoms with Gasteiger partial charge in [0.25, 0.3) is 0 Å². The van der Waals surface area contributed by atoms with Gasteiger partial charge in [0.15, 0.2) is 0 Å². The first-order valence-corrected chi connectivity index (χ1v) is 7.05. The molecule has 0 bridgehead atoms. The van der Waals surface area contributed by atoms with Gasteiger partial charge in [0, 0.05) is 31.7 Å². The van der Waals surface area contributed by atoms with Crippen LogP contribution >= 0.6 is 0 Å². The van der Waals surface area contributed by atoms with Crippen molar-refractivity contribution in [2.45, 2.75) is 32.4 Å². The molecule has 0 aromatic heterocycles. The van der Waals surface area contributed by atoms with E-state index in [2.05, 4.69) is 5.32 Å². The molecular formula is C15H22N4O2. The zero-order valence-electron chi connectivity index (χ0n) is 12.4. The van der Waals surface area contributed by atoms with Crippen LogP contribution in [0.25, 0.3) is 0 Å². The van der Waals surface area contributed by atoms with E-state index in [4.69, 9.17) is 11.5 Å². The number of carbonyl (C=O) groups excluding carboxylic acids is 2. The first kappa shape index (κ1) is 15.3. The van der Waals surface area contributed by atoms with Gasteiger partial charge in [-0.1, -0.05) is 19.1 Å². The van der Waals surface area contributed by atoms with Crippen LogP contribution in [0.15, 0.2) is 18.2 Å². The summed E-state index contributed by atoms with van der Waals surface area (Å²) < 4.78 is 0. The standard InChI is InChI=1S/C15H22N4O2/c1-9(6-14(17)20)5-12(16)10-3-4-13-11(7-10)8-19(2)15(21)18-13/h3-4,7,9,12H,5-6,8,16H2,1-2H3,(H2,17,20)(H,18,21). The van der Waals surface area contributed by atoms with Crippen molar-refractivity contribution in [3.8, 4) is 0 Å². The Morgan fingerprint density at radius 3 is 2.86 bits per heavy atom. The second-order valence-electron chi connectivity index (χ2n) is 5.82. The molecule has 2 atom stereocenters. The lowest BCUT2D eigenvalue weighted by Crippen LogP contribution is -2.35. The molecule has 2 unspecified atom stereocenters. The van der Waals surface area contributed by atoms with Crippen LogP contribution in [0, 0.1) is 5.92 Å². The van der Waals surface area contributed by atoms with Crippen LogP contribution in [0.2, 0.25) is 0 Å². The lowest BCUT2D eigenvalue weighted by atomic mass is 9.92. The maximum atomic E-state index is 11.6. The number of nitrogens with zero attached hydrogens (tertiary/aromatic N) is 1. The van der Waals surface area contributed by atoms with Gasteiger partial charge in [0.05, 0.1) is 0 Å². The molecule has 6 nitrogen and oxygen atoms in total. The minimum absolute atomic E-state index is 0.102. The Balaban J connectivity index is 2.09. The summed E-state index contributed by atoms with van der Waals surface area (Å²) in [6.45, 7) is 2.54. The van der Waals surface area contributed by atoms with E-state index in [0.29, 0.717) is 19.4 Å². The highest BCUT2D eigenvalue weighted by atomic mass is 16.2. The largest absolute Gasteiger partial charge is 0.370 e. The highest BCUT2D eigenvalue weighted by molar-refractivity contribution is 5.92. The van der Waals surface area contributed by atoms with Crippen molar-refractivity contribution in [2.75, 3.05) is 12.4 Å². The summed E-state index contributed by atoms with van der Waals surface area (Å²) in [6, 6.07) is 5.58. The molecule has 0 saturated heterocycles. The molecule has 6 heteroatoms. The summed E-state index contributed by atoms with van der Waals surface area (Å²) >= 11 is 0. The maximum Gasteiger partial charge on any atom is 0.321 e. The van der Waals surface area contributed by atoms with E-state index in [0.717, 1.165) is 16.8 Å². The van der Waals surface area contributed by atoms with Crippen LogP contribution in [-0.2, 0) is 11.3 Å². The maximum absolute atomic E-state index is 11.6. The van der Waals surface area contributed by atoms with Crippen molar-refractivity contribution in [1.29, 1.82) is 0 Å². The zero-order chi connectivity index (χ0) is 15.6. The number of carbonyl (C=O) groups is 2. The third-order valence-electron chi connectivity index (χ3n) is 3.76. The molecule has 0 radical (unpaired) electrons. The Hall–Kier alpha value is -2.08. The third-order valence-corrected chi connectivity index (χ3v) is 3.76. The molecule has 1 aromatic carbocycles. The molecule has 5 N–H and O–H groups in total. The zero-order valence-corrected chi connectivity index (χ0v) is 12.4. The molecule has 0 spiro atoms. The molecule has 1 heterocycles. The summed E-state index contributed by atoms with van der Waals surface area (Å²) in [6.07, 6.45) is 1.04. The van der Waals surface area contributed by atoms with Gasteiger partial charge < -0.3 is 21.7 Å². The molecule has 1 aromatic rings. The molecule has 1 aliphatic rings. The van der Waals surface area contributed by atoms with Gasteiger partial charge in [-0.15, -0.1) is 0 Å². The lowest BCUT2D eigenvalue weighted by molar-refractivity contribution is -0.118. The Labute approximate surface area is 124 Å². The molecule has 21 heavy (non-hydrogen) atoms. The number of fused-ring (bicyclic) bond motifs is 1. The van der Waals surface area contributed by atoms with Gasteiger partial charge in [-0.05, 0) is 29.5 Å². The van der Waals surface area contributed by atoms with Gasteiger partial charge in [-0.3, -0.25) is 4.79 Å². The molecule has 3 amide bonds. The summed E-state index contributed by atoms with van der Waals surface area (Å²) in [5.41, 5.74) is 14.3. The fourth-order valence-electron chi connectivity index (χ4n) is 2.63. The predicted octanol–water partition coefficient (Wildman–Crippen LogP) is 1.57. The normalized spacial score (nSPS) is 16.9. The van der Waals surface area contributed by atoms with Crippen LogP contribution in [0.4, 0.5) is 10.5 Å². The number of primary amides is 1. The summed E-state index contributed by atoms with van der Waals surface area (Å²) in [7, 11) is 1.75. The minimum atomic E-state index is -0.301. The number of hydrogen-bond acceptors (Lipinski definition) is 3. The predicted molar refractivity (Wildman–Crippen MR) is 81.4 cm³/mol. The van der Waals surface area contributed by atoms with E-state index < -0.39 is 0 Å². The number of rotatable bonds is 5. The molecule has 0 fully saturated rings. The molecule has 1 aliphatic heterocycles. The SMILES string of the molecule is CC(CC(N)=O)CC(N)c1ccc2c(c1)CN(C)C(=O)N2. The quantitative estimate of drug-likeness (QED) is 0.767. The number of anilines is 1. The van der Waals surface area contributed by atoms with E-state index in [9.17, 15) is 9.59 Å². The molecule has 0 aliphatic carbocycles. The Morgan fingerprint density at radius 1 is 1.48 bits per heavy atom. The van der Waals surface area contributed by atoms with Crippen molar-refractivity contribution < 1.29 is 9.59 Å². The van der Waals surface area contributed by atoms with E-state index in [-0.39, 0.29) is 23.9 Å². The van der Waals surface area contributed by atoms with Crippen LogP contribution in [0.3, 0.4) is 0 Å². The van der Waals surface area contributed by atoms with Crippen LogP contribution < -0.4 is 16.8 Å². The summed E-state index contributed by atoms with van der Waals surface area (Å²) in [4.78, 5) is 24.1. The first-order valence-electron chi connectivity index (χ1n) is 7.05. The Bertz CT molecular complexity index is 559. The average Bonchev–Trinajstić information content (AvgIpc) is 2.38. The number of amides is 3. The van der Waals surface area contributed by atoms with E-state index in [1.807, 2.05) is 25.1 Å². The van der Waals surface area contributed by atoms with Crippen molar-refractivity contribution in [3.63, 3.8) is 0 Å². The summed E-state index contributed by atoms with van der Waals surface area (Å²) in [5.74, 6) is -0.152. The van der Waals surface area contributed by atoms with Crippen LogP contribution in [-0.4, -0.2) is 23.9 Å². The van der Waals surface area contributed by atoms with Crippen LogP contribution in [0.1, 0.15) is 36.9 Å². The van der Waals surface area contributed by atoms with Crippen molar-refractivity contribution in [1.82, 2.24) is 4.90 Å². The van der Waals surface area contributed by atoms with Gasteiger partial charge in [-0.25, -0.2) is 4.79 Å². The Morgan fingerprint density at radius 2 is 2.19 bits per heavy atom. The molecular weight excluding hydrogens is 268 g/mol. The second kappa shape index (κ2) is 6.13. The third kappa shape index (κ3) is 3.72. The van der Waals surface area contributed by atoms with Gasteiger partial charge in [0.1, 0.15) is 0 Å². The van der Waals surface area contributed by atoms with Gasteiger partial charge in [-0.2, -0.15) is 0 Å². The monoisotopic (exact) mass is 290 g/mol.